The Balaban J connectivity index is 1.99. The second-order valence-corrected chi connectivity index (χ2v) is 8.46. The number of nitrogens with zero attached hydrogens (tertiary/aromatic N) is 1. The highest BCUT2D eigenvalue weighted by atomic mass is 35.5. The predicted octanol–water partition coefficient (Wildman–Crippen LogP) is 3.60. The van der Waals surface area contributed by atoms with Crippen LogP contribution >= 0.6 is 23.4 Å². The standard InChI is InChI=1S/C16H15ClN2O3S2/c1-11(20)19-8-9-23-16-7-6-12(10-15(16)19)24(21,22)18-14-5-3-2-4-13(14)17/h2-7,10,18H,8-9H2,1H3. The van der Waals surface area contributed by atoms with Crippen molar-refractivity contribution < 1.29 is 13.2 Å². The molecule has 0 aliphatic carbocycles. The fourth-order valence-electron chi connectivity index (χ4n) is 2.44. The number of sulfonamides is 1. The minimum atomic E-state index is -3.80. The number of carbonyl (C=O) groups excluding carboxylic acids is 1. The number of amides is 1. The van der Waals surface area contributed by atoms with E-state index in [9.17, 15) is 13.2 Å². The number of nitrogens with one attached hydrogen (secondary N) is 1. The molecule has 2 aromatic carbocycles. The van der Waals surface area contributed by atoms with E-state index in [4.69, 9.17) is 11.6 Å². The van der Waals surface area contributed by atoms with E-state index < -0.39 is 10.0 Å². The van der Waals surface area contributed by atoms with Crippen LogP contribution in [0.2, 0.25) is 5.02 Å². The third-order valence-corrected chi connectivity index (χ3v) is 6.34. The van der Waals surface area contributed by atoms with Gasteiger partial charge in [0, 0.05) is 24.1 Å². The Kier molecular flexibility index (Phi) is 4.76. The largest absolute Gasteiger partial charge is 0.311 e. The number of benzene rings is 2. The molecule has 0 saturated carbocycles. The van der Waals surface area contributed by atoms with E-state index in [1.54, 1.807) is 47.0 Å². The minimum absolute atomic E-state index is 0.0925. The van der Waals surface area contributed by atoms with Crippen LogP contribution in [-0.4, -0.2) is 26.6 Å². The summed E-state index contributed by atoms with van der Waals surface area (Å²) in [7, 11) is -3.80. The summed E-state index contributed by atoms with van der Waals surface area (Å²) in [5.74, 6) is 0.682. The number of anilines is 2. The lowest BCUT2D eigenvalue weighted by Crippen LogP contribution is -2.33. The molecule has 5 nitrogen and oxygen atoms in total. The van der Waals surface area contributed by atoms with Crippen LogP contribution in [0.5, 0.6) is 0 Å². The number of carbonyl (C=O) groups is 1. The Bertz CT molecular complexity index is 900. The predicted molar refractivity (Wildman–Crippen MR) is 97.5 cm³/mol. The monoisotopic (exact) mass is 382 g/mol. The summed E-state index contributed by atoms with van der Waals surface area (Å²) in [4.78, 5) is 14.4. The summed E-state index contributed by atoms with van der Waals surface area (Å²) >= 11 is 7.62. The maximum atomic E-state index is 12.6. The minimum Gasteiger partial charge on any atom is -0.311 e. The first kappa shape index (κ1) is 17.1. The van der Waals surface area contributed by atoms with Crippen LogP contribution in [0.15, 0.2) is 52.3 Å². The first-order valence-corrected chi connectivity index (χ1v) is 10.1. The molecule has 24 heavy (non-hydrogen) atoms. The molecule has 0 spiro atoms. The molecule has 0 radical (unpaired) electrons. The second-order valence-electron chi connectivity index (χ2n) is 5.23. The molecule has 0 bridgehead atoms. The normalized spacial score (nSPS) is 14.2. The number of fused-ring (bicyclic) bond motifs is 1. The summed E-state index contributed by atoms with van der Waals surface area (Å²) in [6, 6.07) is 11.4. The third-order valence-electron chi connectivity index (χ3n) is 3.60. The van der Waals surface area contributed by atoms with Crippen LogP contribution < -0.4 is 9.62 Å². The van der Waals surface area contributed by atoms with Gasteiger partial charge in [-0.1, -0.05) is 23.7 Å². The Morgan fingerprint density at radius 3 is 2.71 bits per heavy atom. The van der Waals surface area contributed by atoms with E-state index in [-0.39, 0.29) is 10.8 Å². The van der Waals surface area contributed by atoms with Gasteiger partial charge < -0.3 is 4.90 Å². The van der Waals surface area contributed by atoms with Crippen LogP contribution in [0.25, 0.3) is 0 Å². The summed E-state index contributed by atoms with van der Waals surface area (Å²) in [5, 5.41) is 0.319. The van der Waals surface area contributed by atoms with Crippen LogP contribution in [0.3, 0.4) is 0 Å². The van der Waals surface area contributed by atoms with Crippen molar-refractivity contribution in [3.8, 4) is 0 Å². The van der Waals surface area contributed by atoms with E-state index >= 15 is 0 Å². The molecular weight excluding hydrogens is 368 g/mol. The Morgan fingerprint density at radius 2 is 2.00 bits per heavy atom. The van der Waals surface area contributed by atoms with E-state index in [0.717, 1.165) is 10.6 Å². The Labute approximate surface area is 150 Å². The number of rotatable bonds is 3. The molecule has 3 rings (SSSR count). The first-order valence-electron chi connectivity index (χ1n) is 7.21. The number of para-hydroxylation sites is 1. The van der Waals surface area contributed by atoms with Crippen LogP contribution in [-0.2, 0) is 14.8 Å². The van der Waals surface area contributed by atoms with Gasteiger partial charge in [-0.2, -0.15) is 0 Å². The highest BCUT2D eigenvalue weighted by molar-refractivity contribution is 7.99. The van der Waals surface area contributed by atoms with Gasteiger partial charge >= 0.3 is 0 Å². The van der Waals surface area contributed by atoms with Gasteiger partial charge in [-0.15, -0.1) is 11.8 Å². The summed E-state index contributed by atoms with van der Waals surface area (Å²) in [5.41, 5.74) is 0.940. The Morgan fingerprint density at radius 1 is 1.25 bits per heavy atom. The quantitative estimate of drug-likeness (QED) is 0.880. The number of thioether (sulfide) groups is 1. The van der Waals surface area contributed by atoms with Crippen molar-refractivity contribution in [2.75, 3.05) is 21.9 Å². The molecule has 126 valence electrons. The molecule has 1 aliphatic rings. The Hall–Kier alpha value is -1.70. The topological polar surface area (TPSA) is 66.5 Å². The molecule has 0 aromatic heterocycles. The number of hydrogen-bond acceptors (Lipinski definition) is 4. The van der Waals surface area contributed by atoms with Gasteiger partial charge in [0.25, 0.3) is 10.0 Å². The van der Waals surface area contributed by atoms with Gasteiger partial charge in [-0.25, -0.2) is 8.42 Å². The lowest BCUT2D eigenvalue weighted by atomic mass is 10.2. The fraction of sp³-hybridized carbons (Fsp3) is 0.188. The van der Waals surface area contributed by atoms with E-state index in [1.807, 2.05) is 0 Å². The lowest BCUT2D eigenvalue weighted by molar-refractivity contribution is -0.116. The smallest absolute Gasteiger partial charge is 0.262 e. The van der Waals surface area contributed by atoms with Crippen LogP contribution in [0.1, 0.15) is 6.92 Å². The second kappa shape index (κ2) is 6.66. The van der Waals surface area contributed by atoms with Crippen LogP contribution in [0.4, 0.5) is 11.4 Å². The summed E-state index contributed by atoms with van der Waals surface area (Å²) < 4.78 is 27.8. The SMILES string of the molecule is CC(=O)N1CCSc2ccc(S(=O)(=O)Nc3ccccc3Cl)cc21. The molecule has 0 atom stereocenters. The number of halogens is 1. The zero-order valence-corrected chi connectivity index (χ0v) is 15.2. The summed E-state index contributed by atoms with van der Waals surface area (Å²) in [6.45, 7) is 2.04. The highest BCUT2D eigenvalue weighted by Crippen LogP contribution is 2.37. The molecule has 1 N–H and O–H groups in total. The van der Waals surface area contributed by atoms with Gasteiger partial charge in [-0.05, 0) is 30.3 Å². The van der Waals surface area contributed by atoms with Gasteiger partial charge in [0.05, 0.1) is 21.3 Å². The molecule has 0 saturated heterocycles. The van der Waals surface area contributed by atoms with E-state index in [2.05, 4.69) is 4.72 Å². The molecule has 1 heterocycles. The van der Waals surface area contributed by atoms with E-state index in [1.165, 1.54) is 19.1 Å². The number of hydrogen-bond donors (Lipinski definition) is 1. The molecular formula is C16H15ClN2O3S2. The van der Waals surface area contributed by atoms with Crippen molar-refractivity contribution >= 4 is 50.7 Å². The molecule has 1 aliphatic heterocycles. The molecule has 0 unspecified atom stereocenters. The van der Waals surface area contributed by atoms with Crippen molar-refractivity contribution in [1.29, 1.82) is 0 Å². The first-order chi connectivity index (χ1) is 11.4. The van der Waals surface area contributed by atoms with E-state index in [0.29, 0.717) is 22.9 Å². The highest BCUT2D eigenvalue weighted by Gasteiger charge is 2.24. The third kappa shape index (κ3) is 3.38. The fourth-order valence-corrected chi connectivity index (χ4v) is 4.75. The van der Waals surface area contributed by atoms with Gasteiger partial charge in [0.1, 0.15) is 0 Å². The van der Waals surface area contributed by atoms with Crippen molar-refractivity contribution in [1.82, 2.24) is 0 Å². The van der Waals surface area contributed by atoms with Crippen molar-refractivity contribution in [3.05, 3.63) is 47.5 Å². The van der Waals surface area contributed by atoms with Gasteiger partial charge in [-0.3, -0.25) is 9.52 Å². The van der Waals surface area contributed by atoms with Gasteiger partial charge in [0.2, 0.25) is 5.91 Å². The molecule has 0 fully saturated rings. The summed E-state index contributed by atoms with van der Waals surface area (Å²) in [6.07, 6.45) is 0. The maximum Gasteiger partial charge on any atom is 0.262 e. The molecule has 8 heteroatoms. The maximum absolute atomic E-state index is 12.6. The van der Waals surface area contributed by atoms with Gasteiger partial charge in [0.15, 0.2) is 0 Å². The van der Waals surface area contributed by atoms with Crippen molar-refractivity contribution in [2.45, 2.75) is 16.7 Å². The lowest BCUT2D eigenvalue weighted by Gasteiger charge is -2.28. The van der Waals surface area contributed by atoms with Crippen LogP contribution in [0, 0.1) is 0 Å². The average Bonchev–Trinajstić information content (AvgIpc) is 2.55. The average molecular weight is 383 g/mol. The zero-order valence-electron chi connectivity index (χ0n) is 12.8. The van der Waals surface area contributed by atoms with Crippen molar-refractivity contribution in [3.63, 3.8) is 0 Å². The van der Waals surface area contributed by atoms with Crippen molar-refractivity contribution in [2.24, 2.45) is 0 Å². The molecule has 1 amide bonds. The molecule has 2 aromatic rings. The zero-order chi connectivity index (χ0) is 17.3.